The summed E-state index contributed by atoms with van der Waals surface area (Å²) in [7, 11) is 0. The van der Waals surface area contributed by atoms with E-state index in [1.165, 1.54) is 0 Å². The molecule has 1 saturated heterocycles. The Balaban J connectivity index is 1.19. The molecule has 5 aromatic rings. The van der Waals surface area contributed by atoms with Crippen molar-refractivity contribution in [3.8, 4) is 34.3 Å². The Kier molecular flexibility index (Phi) is 6.49. The maximum absolute atomic E-state index is 9.10. The van der Waals surface area contributed by atoms with Crippen LogP contribution in [0.25, 0.3) is 33.5 Å². The first kappa shape index (κ1) is 24.7. The van der Waals surface area contributed by atoms with Gasteiger partial charge in [-0.2, -0.15) is 5.26 Å². The molecule has 8 heteroatoms. The Bertz CT molecular complexity index is 1670. The van der Waals surface area contributed by atoms with Gasteiger partial charge in [-0.3, -0.25) is 0 Å². The highest BCUT2D eigenvalue weighted by Gasteiger charge is 2.26. The number of hydrogen-bond donors (Lipinski definition) is 2. The Morgan fingerprint density at radius 2 is 1.77 bits per heavy atom. The summed E-state index contributed by atoms with van der Waals surface area (Å²) in [6, 6.07) is 18.1. The molecule has 0 radical (unpaired) electrons. The van der Waals surface area contributed by atoms with Gasteiger partial charge in [-0.05, 0) is 81.1 Å². The van der Waals surface area contributed by atoms with Gasteiger partial charge in [0, 0.05) is 36.0 Å². The van der Waals surface area contributed by atoms with E-state index in [0.29, 0.717) is 18.1 Å². The molecule has 0 bridgehead atoms. The maximum atomic E-state index is 9.10. The van der Waals surface area contributed by atoms with Gasteiger partial charge in [0.25, 0.3) is 0 Å². The molecular weight excluding hydrogens is 486 g/mol. The Hall–Kier alpha value is -4.64. The predicted octanol–water partition coefficient (Wildman–Crippen LogP) is 6.29. The molecule has 0 amide bonds. The molecule has 8 nitrogen and oxygen atoms in total. The van der Waals surface area contributed by atoms with Crippen LogP contribution in [-0.2, 0) is 0 Å². The largest absolute Gasteiger partial charge is 0.494 e. The van der Waals surface area contributed by atoms with E-state index in [2.05, 4.69) is 63.0 Å². The summed E-state index contributed by atoms with van der Waals surface area (Å²) in [6.07, 6.45) is 3.62. The van der Waals surface area contributed by atoms with Crippen molar-refractivity contribution in [2.75, 3.05) is 24.6 Å². The molecule has 0 saturated carbocycles. The number of hydrogen-bond acceptors (Lipinski definition) is 6. The number of nitriles is 1. The standard InChI is InChI=1S/C31H31N7O/c1-4-39-27-10-9-24(15-19(27)2)28-20(3)35-29(37-28)23-11-13-38(14-12-23)31-25-16-26(36-30(25)33-18-34-31)22-7-5-21(17-32)6-8-22/h5-10,15-16,18,23H,4,11-14H2,1-3H3,(H,35,37)(H,33,34,36). The molecule has 1 aliphatic rings. The van der Waals surface area contributed by atoms with Gasteiger partial charge in [-0.25, -0.2) is 15.0 Å². The minimum atomic E-state index is 0.371. The van der Waals surface area contributed by atoms with Crippen molar-refractivity contribution in [2.24, 2.45) is 0 Å². The summed E-state index contributed by atoms with van der Waals surface area (Å²) in [5.74, 6) is 3.31. The van der Waals surface area contributed by atoms with Gasteiger partial charge in [0.05, 0.1) is 29.3 Å². The lowest BCUT2D eigenvalue weighted by molar-refractivity contribution is 0.338. The molecule has 2 N–H and O–H groups in total. The second-order valence-electron chi connectivity index (χ2n) is 10.1. The SMILES string of the molecule is CCOc1ccc(-c2nc(C3CCN(c4ncnc5[nH]c(-c6ccc(C#N)cc6)cc45)CC3)[nH]c2C)cc1C. The van der Waals surface area contributed by atoms with Crippen LogP contribution in [0.4, 0.5) is 5.82 Å². The minimum Gasteiger partial charge on any atom is -0.494 e. The topological polar surface area (TPSA) is 107 Å². The summed E-state index contributed by atoms with van der Waals surface area (Å²) < 4.78 is 5.71. The van der Waals surface area contributed by atoms with Crippen molar-refractivity contribution in [1.82, 2.24) is 24.9 Å². The lowest BCUT2D eigenvalue weighted by Crippen LogP contribution is -2.33. The highest BCUT2D eigenvalue weighted by Crippen LogP contribution is 2.35. The van der Waals surface area contributed by atoms with Crippen LogP contribution in [-0.4, -0.2) is 44.6 Å². The van der Waals surface area contributed by atoms with Crippen LogP contribution in [0.3, 0.4) is 0 Å². The van der Waals surface area contributed by atoms with Crippen molar-refractivity contribution < 1.29 is 4.74 Å². The number of fused-ring (bicyclic) bond motifs is 1. The highest BCUT2D eigenvalue weighted by atomic mass is 16.5. The number of ether oxygens (including phenoxy) is 1. The van der Waals surface area contributed by atoms with E-state index < -0.39 is 0 Å². The molecule has 0 unspecified atom stereocenters. The molecule has 2 aromatic carbocycles. The third-order valence-electron chi connectivity index (χ3n) is 7.56. The summed E-state index contributed by atoms with van der Waals surface area (Å²) in [6.45, 7) is 8.63. The van der Waals surface area contributed by atoms with Gasteiger partial charge < -0.3 is 19.6 Å². The maximum Gasteiger partial charge on any atom is 0.143 e. The first-order valence-corrected chi connectivity index (χ1v) is 13.4. The summed E-state index contributed by atoms with van der Waals surface area (Å²) >= 11 is 0. The Labute approximate surface area is 227 Å². The van der Waals surface area contributed by atoms with E-state index in [1.807, 2.05) is 37.3 Å². The molecule has 4 heterocycles. The number of piperidine rings is 1. The average Bonchev–Trinajstić information content (AvgIpc) is 3.58. The molecule has 196 valence electrons. The van der Waals surface area contributed by atoms with E-state index in [9.17, 15) is 0 Å². The third-order valence-corrected chi connectivity index (χ3v) is 7.56. The smallest absolute Gasteiger partial charge is 0.143 e. The van der Waals surface area contributed by atoms with Gasteiger partial charge in [0.15, 0.2) is 0 Å². The minimum absolute atomic E-state index is 0.371. The summed E-state index contributed by atoms with van der Waals surface area (Å²) in [5.41, 5.74) is 7.79. The van der Waals surface area contributed by atoms with Crippen LogP contribution >= 0.6 is 0 Å². The lowest BCUT2D eigenvalue weighted by atomic mass is 9.96. The van der Waals surface area contributed by atoms with Crippen LogP contribution in [0.1, 0.15) is 48.3 Å². The summed E-state index contributed by atoms with van der Waals surface area (Å²) in [5, 5.41) is 10.1. The number of H-pyrrole nitrogens is 2. The van der Waals surface area contributed by atoms with Crippen LogP contribution in [0.15, 0.2) is 54.9 Å². The van der Waals surface area contributed by atoms with Gasteiger partial charge in [0.2, 0.25) is 0 Å². The molecule has 0 atom stereocenters. The van der Waals surface area contributed by atoms with E-state index >= 15 is 0 Å². The van der Waals surface area contributed by atoms with Crippen LogP contribution < -0.4 is 9.64 Å². The van der Waals surface area contributed by atoms with E-state index in [4.69, 9.17) is 15.0 Å². The zero-order chi connectivity index (χ0) is 26.9. The van der Waals surface area contributed by atoms with Gasteiger partial charge in [-0.15, -0.1) is 0 Å². The summed E-state index contributed by atoms with van der Waals surface area (Å²) in [4.78, 5) is 23.5. The molecule has 6 rings (SSSR count). The molecule has 0 aliphatic carbocycles. The number of anilines is 1. The van der Waals surface area contributed by atoms with Gasteiger partial charge in [-0.1, -0.05) is 12.1 Å². The Morgan fingerprint density at radius 3 is 2.49 bits per heavy atom. The van der Waals surface area contributed by atoms with Crippen molar-refractivity contribution >= 4 is 16.9 Å². The lowest BCUT2D eigenvalue weighted by Gasteiger charge is -2.32. The second-order valence-corrected chi connectivity index (χ2v) is 10.1. The number of rotatable bonds is 6. The number of aryl methyl sites for hydroxylation is 2. The van der Waals surface area contributed by atoms with Crippen LogP contribution in [0.2, 0.25) is 0 Å². The molecule has 0 spiro atoms. The molecular formula is C31H31N7O. The predicted molar refractivity (Wildman–Crippen MR) is 153 cm³/mol. The van der Waals surface area contributed by atoms with Crippen LogP contribution in [0, 0.1) is 25.2 Å². The first-order valence-electron chi connectivity index (χ1n) is 13.4. The number of aromatic nitrogens is 5. The molecule has 1 fully saturated rings. The van der Waals surface area contributed by atoms with E-state index in [0.717, 1.165) is 88.1 Å². The average molecular weight is 518 g/mol. The fraction of sp³-hybridized carbons (Fsp3) is 0.290. The van der Waals surface area contributed by atoms with Crippen molar-refractivity contribution in [2.45, 2.75) is 39.5 Å². The molecule has 1 aliphatic heterocycles. The fourth-order valence-corrected chi connectivity index (χ4v) is 5.50. The van der Waals surface area contributed by atoms with E-state index in [1.54, 1.807) is 6.33 Å². The first-order chi connectivity index (χ1) is 19.0. The normalized spacial score (nSPS) is 14.1. The van der Waals surface area contributed by atoms with Crippen molar-refractivity contribution in [1.29, 1.82) is 5.26 Å². The second kappa shape index (κ2) is 10.3. The van der Waals surface area contributed by atoms with Crippen LogP contribution in [0.5, 0.6) is 5.75 Å². The monoisotopic (exact) mass is 517 g/mol. The molecule has 3 aromatic heterocycles. The van der Waals surface area contributed by atoms with Gasteiger partial charge in [0.1, 0.15) is 29.4 Å². The molecule has 39 heavy (non-hydrogen) atoms. The zero-order valence-corrected chi connectivity index (χ0v) is 22.5. The highest BCUT2D eigenvalue weighted by molar-refractivity contribution is 5.92. The number of benzene rings is 2. The van der Waals surface area contributed by atoms with Gasteiger partial charge >= 0.3 is 0 Å². The third kappa shape index (κ3) is 4.72. The van der Waals surface area contributed by atoms with Crippen molar-refractivity contribution in [3.05, 3.63) is 77.5 Å². The van der Waals surface area contributed by atoms with E-state index in [-0.39, 0.29) is 0 Å². The number of nitrogens with one attached hydrogen (secondary N) is 2. The van der Waals surface area contributed by atoms with Crippen molar-refractivity contribution in [3.63, 3.8) is 0 Å². The zero-order valence-electron chi connectivity index (χ0n) is 22.5. The fourth-order valence-electron chi connectivity index (χ4n) is 5.50. The number of nitrogens with zero attached hydrogens (tertiary/aromatic N) is 5. The number of aromatic amines is 2. The Morgan fingerprint density at radius 1 is 1.00 bits per heavy atom. The number of imidazole rings is 1. The quantitative estimate of drug-likeness (QED) is 0.274.